The number of carboxylic acids is 1. The molecule has 1 fully saturated rings. The highest BCUT2D eigenvalue weighted by atomic mass is 16.6. The molecule has 2 amide bonds. The Hall–Kier alpha value is -3.10. The van der Waals surface area contributed by atoms with Gasteiger partial charge in [0, 0.05) is 0 Å². The predicted molar refractivity (Wildman–Crippen MR) is 106 cm³/mol. The molecule has 0 saturated heterocycles. The van der Waals surface area contributed by atoms with Crippen LogP contribution in [-0.4, -0.2) is 47.2 Å². The number of esters is 1. The van der Waals surface area contributed by atoms with Crippen LogP contribution in [0, 0.1) is 0 Å². The fourth-order valence-electron chi connectivity index (χ4n) is 3.11. The third-order valence-electron chi connectivity index (χ3n) is 4.75. The molecule has 1 aromatic carbocycles. The minimum Gasteiger partial charge on any atom is -0.481 e. The van der Waals surface area contributed by atoms with Crippen molar-refractivity contribution in [3.8, 4) is 0 Å². The quantitative estimate of drug-likeness (QED) is 0.522. The van der Waals surface area contributed by atoms with Gasteiger partial charge in [-0.1, -0.05) is 36.8 Å². The Morgan fingerprint density at radius 2 is 1.73 bits per heavy atom. The van der Waals surface area contributed by atoms with Gasteiger partial charge in [0.1, 0.15) is 24.8 Å². The number of amides is 2. The maximum atomic E-state index is 12.4. The molecular formula is C21H28N2O7. The molecule has 1 saturated carbocycles. The number of carbonyl (C=O) groups is 4. The summed E-state index contributed by atoms with van der Waals surface area (Å²) >= 11 is 0. The van der Waals surface area contributed by atoms with E-state index < -0.39 is 42.4 Å². The summed E-state index contributed by atoms with van der Waals surface area (Å²) in [5.41, 5.74) is 0.742. The van der Waals surface area contributed by atoms with E-state index in [-0.39, 0.29) is 12.7 Å². The lowest BCUT2D eigenvalue weighted by Gasteiger charge is -2.24. The average Bonchev–Trinajstić information content (AvgIpc) is 2.73. The van der Waals surface area contributed by atoms with Crippen LogP contribution in [-0.2, 0) is 30.5 Å². The third kappa shape index (κ3) is 8.10. The first kappa shape index (κ1) is 23.2. The third-order valence-corrected chi connectivity index (χ3v) is 4.75. The molecule has 1 aliphatic rings. The molecule has 0 aliphatic heterocycles. The van der Waals surface area contributed by atoms with Crippen LogP contribution in [0.4, 0.5) is 4.79 Å². The van der Waals surface area contributed by atoms with Crippen molar-refractivity contribution in [2.24, 2.45) is 0 Å². The second-order valence-corrected chi connectivity index (χ2v) is 7.28. The first-order valence-electron chi connectivity index (χ1n) is 10.0. The molecule has 164 valence electrons. The highest BCUT2D eigenvalue weighted by Crippen LogP contribution is 2.20. The number of hydrogen-bond acceptors (Lipinski definition) is 6. The number of aliphatic carboxylic acids is 1. The van der Waals surface area contributed by atoms with Gasteiger partial charge in [0.2, 0.25) is 5.91 Å². The van der Waals surface area contributed by atoms with Crippen LogP contribution >= 0.6 is 0 Å². The molecule has 1 aliphatic carbocycles. The monoisotopic (exact) mass is 420 g/mol. The first-order valence-corrected chi connectivity index (χ1v) is 10.0. The van der Waals surface area contributed by atoms with E-state index in [4.69, 9.17) is 14.6 Å². The number of alkyl carbamates (subject to hydrolysis) is 1. The molecule has 0 aromatic heterocycles. The Morgan fingerprint density at radius 3 is 2.37 bits per heavy atom. The van der Waals surface area contributed by atoms with Crippen LogP contribution in [0.25, 0.3) is 0 Å². The summed E-state index contributed by atoms with van der Waals surface area (Å²) in [6.45, 7) is 1.42. The van der Waals surface area contributed by atoms with Crippen LogP contribution in [0.5, 0.6) is 0 Å². The molecule has 0 spiro atoms. The van der Waals surface area contributed by atoms with E-state index in [9.17, 15) is 19.2 Å². The fourth-order valence-corrected chi connectivity index (χ4v) is 3.11. The van der Waals surface area contributed by atoms with E-state index in [1.165, 1.54) is 6.92 Å². The van der Waals surface area contributed by atoms with Crippen molar-refractivity contribution in [3.63, 3.8) is 0 Å². The topological polar surface area (TPSA) is 131 Å². The normalized spacial score (nSPS) is 16.0. The number of hydrogen-bond donors (Lipinski definition) is 3. The number of benzene rings is 1. The van der Waals surface area contributed by atoms with Gasteiger partial charge < -0.3 is 25.2 Å². The maximum absolute atomic E-state index is 12.4. The van der Waals surface area contributed by atoms with Gasteiger partial charge >= 0.3 is 18.0 Å². The summed E-state index contributed by atoms with van der Waals surface area (Å²) in [4.78, 5) is 47.7. The molecule has 30 heavy (non-hydrogen) atoms. The summed E-state index contributed by atoms with van der Waals surface area (Å²) in [6, 6.07) is 6.53. The van der Waals surface area contributed by atoms with E-state index in [0.29, 0.717) is 0 Å². The molecule has 1 aromatic rings. The molecule has 0 heterocycles. The summed E-state index contributed by atoms with van der Waals surface area (Å²) < 4.78 is 10.4. The molecule has 9 heteroatoms. The number of ether oxygens (including phenoxy) is 2. The van der Waals surface area contributed by atoms with Gasteiger partial charge in [-0.15, -0.1) is 0 Å². The van der Waals surface area contributed by atoms with Crippen molar-refractivity contribution in [1.29, 1.82) is 0 Å². The van der Waals surface area contributed by atoms with E-state index in [1.807, 2.05) is 6.07 Å². The van der Waals surface area contributed by atoms with Crippen molar-refractivity contribution in [3.05, 3.63) is 35.9 Å². The van der Waals surface area contributed by atoms with Crippen molar-refractivity contribution in [2.45, 2.75) is 70.2 Å². The molecule has 0 bridgehead atoms. The standard InChI is InChI=1S/C21H28N2O7/c1-14(20(27)30-16-10-6-3-7-11-16)22-19(26)17(12-18(24)25)23-21(28)29-13-15-8-4-2-5-9-15/h2,4-5,8-9,14,16-17H,3,6-7,10-13H2,1H3,(H,22,26)(H,23,28)(H,24,25)/t14-,17-/m0/s1. The number of carboxylic acid groups (broad SMARTS) is 1. The smallest absolute Gasteiger partial charge is 0.408 e. The predicted octanol–water partition coefficient (Wildman–Crippen LogP) is 2.14. The molecule has 0 unspecified atom stereocenters. The van der Waals surface area contributed by atoms with E-state index in [1.54, 1.807) is 24.3 Å². The van der Waals surface area contributed by atoms with Gasteiger partial charge in [0.25, 0.3) is 0 Å². The Labute approximate surface area is 175 Å². The SMILES string of the molecule is C[C@H](NC(=O)[C@H](CC(=O)O)NC(=O)OCc1ccccc1)C(=O)OC1CCCCC1. The van der Waals surface area contributed by atoms with Crippen LogP contribution in [0.1, 0.15) is 51.0 Å². The van der Waals surface area contributed by atoms with Crippen LogP contribution in [0.2, 0.25) is 0 Å². The lowest BCUT2D eigenvalue weighted by atomic mass is 9.98. The van der Waals surface area contributed by atoms with Gasteiger partial charge in [-0.25, -0.2) is 9.59 Å². The van der Waals surface area contributed by atoms with Crippen molar-refractivity contribution >= 4 is 23.9 Å². The zero-order valence-corrected chi connectivity index (χ0v) is 17.0. The van der Waals surface area contributed by atoms with Crippen molar-refractivity contribution in [1.82, 2.24) is 10.6 Å². The van der Waals surface area contributed by atoms with E-state index in [2.05, 4.69) is 10.6 Å². The molecule has 2 atom stereocenters. The van der Waals surface area contributed by atoms with Crippen molar-refractivity contribution in [2.75, 3.05) is 0 Å². The highest BCUT2D eigenvalue weighted by Gasteiger charge is 2.29. The van der Waals surface area contributed by atoms with E-state index in [0.717, 1.165) is 37.7 Å². The lowest BCUT2D eigenvalue weighted by molar-refractivity contribution is -0.154. The Kier molecular flexibility index (Phi) is 9.11. The van der Waals surface area contributed by atoms with Crippen LogP contribution in [0.15, 0.2) is 30.3 Å². The largest absolute Gasteiger partial charge is 0.481 e. The van der Waals surface area contributed by atoms with Gasteiger partial charge in [-0.3, -0.25) is 9.59 Å². The number of carbonyl (C=O) groups excluding carboxylic acids is 3. The molecule has 3 N–H and O–H groups in total. The summed E-state index contributed by atoms with van der Waals surface area (Å²) in [6.07, 6.45) is 2.94. The zero-order valence-electron chi connectivity index (χ0n) is 17.0. The minimum atomic E-state index is -1.39. The maximum Gasteiger partial charge on any atom is 0.408 e. The first-order chi connectivity index (χ1) is 14.3. The van der Waals surface area contributed by atoms with Gasteiger partial charge in [0.15, 0.2) is 0 Å². The van der Waals surface area contributed by atoms with Crippen molar-refractivity contribution < 1.29 is 33.8 Å². The molecule has 0 radical (unpaired) electrons. The second kappa shape index (κ2) is 11.8. The lowest BCUT2D eigenvalue weighted by Crippen LogP contribution is -2.52. The Morgan fingerprint density at radius 1 is 1.07 bits per heavy atom. The molecular weight excluding hydrogens is 392 g/mol. The minimum absolute atomic E-state index is 0.0296. The summed E-state index contributed by atoms with van der Waals surface area (Å²) in [7, 11) is 0. The Balaban J connectivity index is 1.85. The fraction of sp³-hybridized carbons (Fsp3) is 0.524. The van der Waals surface area contributed by atoms with Crippen LogP contribution < -0.4 is 10.6 Å². The van der Waals surface area contributed by atoms with Gasteiger partial charge in [-0.05, 0) is 38.2 Å². The average molecular weight is 420 g/mol. The zero-order chi connectivity index (χ0) is 21.9. The molecule has 2 rings (SSSR count). The molecule has 9 nitrogen and oxygen atoms in total. The highest BCUT2D eigenvalue weighted by molar-refractivity contribution is 5.92. The van der Waals surface area contributed by atoms with E-state index >= 15 is 0 Å². The number of nitrogens with one attached hydrogen (secondary N) is 2. The second-order valence-electron chi connectivity index (χ2n) is 7.28. The summed E-state index contributed by atoms with van der Waals surface area (Å²) in [5.74, 6) is -2.67. The van der Waals surface area contributed by atoms with Gasteiger partial charge in [0.05, 0.1) is 6.42 Å². The summed E-state index contributed by atoms with van der Waals surface area (Å²) in [5, 5.41) is 13.7. The number of rotatable bonds is 9. The van der Waals surface area contributed by atoms with Gasteiger partial charge in [-0.2, -0.15) is 0 Å². The Bertz CT molecular complexity index is 732. The van der Waals surface area contributed by atoms with Crippen LogP contribution in [0.3, 0.4) is 0 Å².